The van der Waals surface area contributed by atoms with Gasteiger partial charge in [-0.15, -0.1) is 0 Å². The van der Waals surface area contributed by atoms with Crippen molar-refractivity contribution in [2.75, 3.05) is 18.0 Å². The lowest BCUT2D eigenvalue weighted by atomic mass is 10.3. The van der Waals surface area contributed by atoms with Crippen LogP contribution in [0.2, 0.25) is 0 Å². The van der Waals surface area contributed by atoms with E-state index in [1.54, 1.807) is 6.20 Å². The second-order valence-corrected chi connectivity index (χ2v) is 4.79. The van der Waals surface area contributed by atoms with Crippen LogP contribution < -0.4 is 4.90 Å². The summed E-state index contributed by atoms with van der Waals surface area (Å²) >= 11 is 0. The van der Waals surface area contributed by atoms with Crippen molar-refractivity contribution in [1.82, 2.24) is 24.4 Å². The molecule has 0 amide bonds. The van der Waals surface area contributed by atoms with E-state index in [1.165, 1.54) is 0 Å². The molecule has 0 spiro atoms. The molecule has 19 heavy (non-hydrogen) atoms. The van der Waals surface area contributed by atoms with Crippen LogP contribution in [0.4, 0.5) is 5.82 Å². The van der Waals surface area contributed by atoms with E-state index >= 15 is 0 Å². The van der Waals surface area contributed by atoms with E-state index in [4.69, 9.17) is 0 Å². The maximum absolute atomic E-state index is 4.51. The quantitative estimate of drug-likeness (QED) is 0.693. The number of rotatable bonds is 2. The topological polar surface area (TPSA) is 51.2 Å². The average molecular weight is 254 g/mol. The van der Waals surface area contributed by atoms with Crippen molar-refractivity contribution in [1.29, 1.82) is 0 Å². The molecule has 0 aromatic carbocycles. The lowest BCUT2D eigenvalue weighted by molar-refractivity contribution is 0.494. The Morgan fingerprint density at radius 1 is 1.11 bits per heavy atom. The molecule has 1 aliphatic rings. The van der Waals surface area contributed by atoms with Crippen molar-refractivity contribution in [2.24, 2.45) is 0 Å². The zero-order chi connectivity index (χ0) is 12.7. The van der Waals surface area contributed by atoms with Gasteiger partial charge in [-0.1, -0.05) is 0 Å². The predicted molar refractivity (Wildman–Crippen MR) is 71.1 cm³/mol. The van der Waals surface area contributed by atoms with Gasteiger partial charge in [0, 0.05) is 37.9 Å². The molecular formula is C13H14N6. The van der Waals surface area contributed by atoms with Crippen LogP contribution in [0.3, 0.4) is 0 Å². The lowest BCUT2D eigenvalue weighted by Gasteiger charge is -2.18. The van der Waals surface area contributed by atoms with E-state index < -0.39 is 0 Å². The number of aromatic nitrogens is 5. The van der Waals surface area contributed by atoms with E-state index in [0.29, 0.717) is 6.04 Å². The molecule has 1 unspecified atom stereocenters. The summed E-state index contributed by atoms with van der Waals surface area (Å²) in [5.41, 5.74) is 1.06. The normalized spacial score (nSPS) is 19.4. The first-order valence-corrected chi connectivity index (χ1v) is 6.44. The zero-order valence-electron chi connectivity index (χ0n) is 10.4. The summed E-state index contributed by atoms with van der Waals surface area (Å²) in [6, 6.07) is 4.40. The van der Waals surface area contributed by atoms with Crippen molar-refractivity contribution in [3.05, 3.63) is 43.1 Å². The highest BCUT2D eigenvalue weighted by Crippen LogP contribution is 2.27. The number of fused-ring (bicyclic) bond motifs is 1. The molecule has 1 aliphatic heterocycles. The third kappa shape index (κ3) is 1.68. The van der Waals surface area contributed by atoms with Gasteiger partial charge in [0.2, 0.25) is 0 Å². The number of anilines is 1. The number of hydrogen-bond acceptors (Lipinski definition) is 4. The summed E-state index contributed by atoms with van der Waals surface area (Å²) in [6.07, 6.45) is 10.4. The Balaban J connectivity index is 1.66. The van der Waals surface area contributed by atoms with Gasteiger partial charge in [0.1, 0.15) is 5.52 Å². The Morgan fingerprint density at radius 2 is 2.11 bits per heavy atom. The van der Waals surface area contributed by atoms with Crippen LogP contribution in [0.5, 0.6) is 0 Å². The highest BCUT2D eigenvalue weighted by atomic mass is 15.3. The number of nitrogens with zero attached hydrogens (tertiary/aromatic N) is 6. The van der Waals surface area contributed by atoms with E-state index in [1.807, 2.05) is 46.1 Å². The van der Waals surface area contributed by atoms with Crippen LogP contribution >= 0.6 is 0 Å². The summed E-state index contributed by atoms with van der Waals surface area (Å²) in [6.45, 7) is 1.95. The van der Waals surface area contributed by atoms with Crippen LogP contribution in [0.1, 0.15) is 12.5 Å². The standard InChI is InChI=1S/C13H14N6/c1-4-15-18(7-1)11-3-8-17(10-11)13-12-2-5-16-19(12)9-6-14-13/h1-2,4-7,9,11H,3,8,10H2. The molecule has 3 aromatic rings. The third-order valence-electron chi connectivity index (χ3n) is 3.67. The molecule has 0 radical (unpaired) electrons. The summed E-state index contributed by atoms with van der Waals surface area (Å²) in [5, 5.41) is 8.58. The van der Waals surface area contributed by atoms with Crippen molar-refractivity contribution >= 4 is 11.3 Å². The van der Waals surface area contributed by atoms with Crippen LogP contribution in [-0.2, 0) is 0 Å². The maximum Gasteiger partial charge on any atom is 0.154 e. The van der Waals surface area contributed by atoms with Gasteiger partial charge in [-0.3, -0.25) is 4.68 Å². The van der Waals surface area contributed by atoms with Crippen molar-refractivity contribution in [3.8, 4) is 0 Å². The Kier molecular flexibility index (Phi) is 2.26. The maximum atomic E-state index is 4.51. The van der Waals surface area contributed by atoms with E-state index in [-0.39, 0.29) is 0 Å². The smallest absolute Gasteiger partial charge is 0.154 e. The molecule has 0 bridgehead atoms. The van der Waals surface area contributed by atoms with Gasteiger partial charge in [0.05, 0.1) is 12.2 Å². The van der Waals surface area contributed by atoms with Gasteiger partial charge in [-0.05, 0) is 18.6 Å². The van der Waals surface area contributed by atoms with Crippen molar-refractivity contribution in [2.45, 2.75) is 12.5 Å². The van der Waals surface area contributed by atoms with Gasteiger partial charge >= 0.3 is 0 Å². The van der Waals surface area contributed by atoms with Crippen LogP contribution in [0.25, 0.3) is 5.52 Å². The van der Waals surface area contributed by atoms with Crippen molar-refractivity contribution < 1.29 is 0 Å². The molecule has 4 heterocycles. The van der Waals surface area contributed by atoms with Gasteiger partial charge < -0.3 is 4.90 Å². The second-order valence-electron chi connectivity index (χ2n) is 4.79. The Morgan fingerprint density at radius 3 is 3.00 bits per heavy atom. The summed E-state index contributed by atoms with van der Waals surface area (Å²) < 4.78 is 3.90. The highest BCUT2D eigenvalue weighted by Gasteiger charge is 2.26. The molecule has 4 rings (SSSR count). The van der Waals surface area contributed by atoms with Crippen LogP contribution in [0.15, 0.2) is 43.1 Å². The van der Waals surface area contributed by atoms with Gasteiger partial charge in [0.25, 0.3) is 0 Å². The minimum atomic E-state index is 0.431. The molecule has 1 saturated heterocycles. The van der Waals surface area contributed by atoms with Crippen LogP contribution in [-0.4, -0.2) is 37.5 Å². The SMILES string of the molecule is c1cnn(C2CCN(c3nccn4nccc34)C2)c1. The molecule has 0 N–H and O–H groups in total. The molecule has 6 nitrogen and oxygen atoms in total. The first-order valence-electron chi connectivity index (χ1n) is 6.44. The minimum absolute atomic E-state index is 0.431. The number of hydrogen-bond donors (Lipinski definition) is 0. The largest absolute Gasteiger partial charge is 0.353 e. The molecule has 6 heteroatoms. The fraction of sp³-hybridized carbons (Fsp3) is 0.308. The molecule has 0 saturated carbocycles. The highest BCUT2D eigenvalue weighted by molar-refractivity contribution is 5.68. The first-order chi connectivity index (χ1) is 9.42. The first kappa shape index (κ1) is 10.5. The molecule has 1 atom stereocenters. The van der Waals surface area contributed by atoms with Gasteiger partial charge in [0.15, 0.2) is 5.82 Å². The second kappa shape index (κ2) is 4.08. The fourth-order valence-corrected chi connectivity index (χ4v) is 2.73. The summed E-state index contributed by atoms with van der Waals surface area (Å²) in [7, 11) is 0. The summed E-state index contributed by atoms with van der Waals surface area (Å²) in [4.78, 5) is 6.82. The molecule has 96 valence electrons. The lowest BCUT2D eigenvalue weighted by Crippen LogP contribution is -2.22. The molecule has 0 aliphatic carbocycles. The Labute approximate surface area is 110 Å². The van der Waals surface area contributed by atoms with E-state index in [0.717, 1.165) is 30.8 Å². The van der Waals surface area contributed by atoms with Gasteiger partial charge in [-0.2, -0.15) is 10.2 Å². The Hall–Kier alpha value is -2.37. The minimum Gasteiger partial charge on any atom is -0.353 e. The molecule has 1 fully saturated rings. The Bertz CT molecular complexity index is 686. The average Bonchev–Trinajstić information content (AvgIpc) is 3.18. The van der Waals surface area contributed by atoms with Crippen molar-refractivity contribution in [3.63, 3.8) is 0 Å². The molecule has 3 aromatic heterocycles. The molecular weight excluding hydrogens is 240 g/mol. The zero-order valence-corrected chi connectivity index (χ0v) is 10.4. The van der Waals surface area contributed by atoms with E-state index in [9.17, 15) is 0 Å². The van der Waals surface area contributed by atoms with Crippen LogP contribution in [0, 0.1) is 0 Å². The van der Waals surface area contributed by atoms with Gasteiger partial charge in [-0.25, -0.2) is 9.50 Å². The third-order valence-corrected chi connectivity index (χ3v) is 3.67. The van der Waals surface area contributed by atoms with E-state index in [2.05, 4.69) is 20.1 Å². The summed E-state index contributed by atoms with van der Waals surface area (Å²) in [5.74, 6) is 1.01. The predicted octanol–water partition coefficient (Wildman–Crippen LogP) is 1.38. The fourth-order valence-electron chi connectivity index (χ4n) is 2.73. The monoisotopic (exact) mass is 254 g/mol.